The fraction of sp³-hybridized carbons (Fsp3) is 0.333. The van der Waals surface area contributed by atoms with Crippen molar-refractivity contribution in [1.82, 2.24) is 10.2 Å². The van der Waals surface area contributed by atoms with Crippen molar-refractivity contribution in [1.29, 1.82) is 0 Å². The Kier molecular flexibility index (Phi) is 8.05. The predicted octanol–water partition coefficient (Wildman–Crippen LogP) is 2.28. The lowest BCUT2D eigenvalue weighted by Crippen LogP contribution is -2.51. The molecule has 0 aromatic heterocycles. The number of nitrogens with one attached hydrogen (secondary N) is 1. The first-order valence-electron chi connectivity index (χ1n) is 10.4. The van der Waals surface area contributed by atoms with E-state index in [1.807, 2.05) is 54.6 Å². The minimum atomic E-state index is -1.11. The standard InChI is InChI=1S/C24H26N2O5S/c1-16(27)32-15-20(11-17-7-3-2-4-8-17)23(30)25-21-12-18-9-5-6-10-19(18)13-26(24(21)31)14-22(28)29/h2-10,20-21H,11-15H2,1H3,(H,25,30)(H,28,29)/t20-,21+/m1/s1. The number of carbonyl (C=O) groups excluding carboxylic acids is 3. The van der Waals surface area contributed by atoms with Gasteiger partial charge in [0, 0.05) is 25.6 Å². The van der Waals surface area contributed by atoms with Gasteiger partial charge in [-0.25, -0.2) is 0 Å². The van der Waals surface area contributed by atoms with Gasteiger partial charge in [0.2, 0.25) is 11.8 Å². The van der Waals surface area contributed by atoms with E-state index >= 15 is 0 Å². The highest BCUT2D eigenvalue weighted by molar-refractivity contribution is 8.13. The summed E-state index contributed by atoms with van der Waals surface area (Å²) >= 11 is 1.08. The van der Waals surface area contributed by atoms with Crippen LogP contribution in [0.1, 0.15) is 23.6 Å². The molecule has 7 nitrogen and oxygen atoms in total. The average Bonchev–Trinajstić information content (AvgIpc) is 2.88. The molecule has 1 aliphatic heterocycles. The first kappa shape index (κ1) is 23.5. The predicted molar refractivity (Wildman–Crippen MR) is 122 cm³/mol. The van der Waals surface area contributed by atoms with Crippen LogP contribution >= 0.6 is 11.8 Å². The first-order valence-corrected chi connectivity index (χ1v) is 11.4. The quantitative estimate of drug-likeness (QED) is 0.634. The molecule has 3 rings (SSSR count). The Bertz CT molecular complexity index is 995. The van der Waals surface area contributed by atoms with E-state index in [1.165, 1.54) is 11.8 Å². The lowest BCUT2D eigenvalue weighted by molar-refractivity contribution is -0.146. The summed E-state index contributed by atoms with van der Waals surface area (Å²) in [5.74, 6) is -2.06. The van der Waals surface area contributed by atoms with Gasteiger partial charge in [-0.15, -0.1) is 0 Å². The third kappa shape index (κ3) is 6.43. The average molecular weight is 455 g/mol. The van der Waals surface area contributed by atoms with Crippen molar-refractivity contribution in [3.05, 3.63) is 71.3 Å². The van der Waals surface area contributed by atoms with Crippen LogP contribution in [-0.4, -0.2) is 51.2 Å². The van der Waals surface area contributed by atoms with Crippen LogP contribution in [0, 0.1) is 5.92 Å². The van der Waals surface area contributed by atoms with Gasteiger partial charge in [0.15, 0.2) is 5.12 Å². The second kappa shape index (κ2) is 10.9. The molecular formula is C24H26N2O5S. The van der Waals surface area contributed by atoms with Crippen molar-refractivity contribution in [2.24, 2.45) is 5.92 Å². The Hall–Kier alpha value is -3.13. The van der Waals surface area contributed by atoms with Crippen LogP contribution in [0.2, 0.25) is 0 Å². The normalized spacial score (nSPS) is 16.6. The zero-order chi connectivity index (χ0) is 23.1. The lowest BCUT2D eigenvalue weighted by Gasteiger charge is -2.25. The smallest absolute Gasteiger partial charge is 0.323 e. The van der Waals surface area contributed by atoms with E-state index in [4.69, 9.17) is 0 Å². The maximum Gasteiger partial charge on any atom is 0.323 e. The van der Waals surface area contributed by atoms with Crippen molar-refractivity contribution >= 4 is 34.7 Å². The van der Waals surface area contributed by atoms with Crippen molar-refractivity contribution in [2.45, 2.75) is 32.4 Å². The van der Waals surface area contributed by atoms with Gasteiger partial charge in [-0.05, 0) is 23.1 Å². The Morgan fingerprint density at radius 1 is 1.09 bits per heavy atom. The number of carbonyl (C=O) groups is 4. The number of hydrogen-bond donors (Lipinski definition) is 2. The number of hydrogen-bond acceptors (Lipinski definition) is 5. The molecule has 0 bridgehead atoms. The van der Waals surface area contributed by atoms with Crippen molar-refractivity contribution in [2.75, 3.05) is 12.3 Å². The van der Waals surface area contributed by atoms with Crippen LogP contribution in [-0.2, 0) is 38.6 Å². The Labute approximate surface area is 191 Å². The second-order valence-electron chi connectivity index (χ2n) is 7.81. The molecule has 2 atom stereocenters. The summed E-state index contributed by atoms with van der Waals surface area (Å²) in [6, 6.07) is 16.1. The molecule has 32 heavy (non-hydrogen) atoms. The molecule has 0 saturated heterocycles. The summed E-state index contributed by atoms with van der Waals surface area (Å²) < 4.78 is 0. The molecule has 1 heterocycles. The number of aliphatic carboxylic acids is 1. The summed E-state index contributed by atoms with van der Waals surface area (Å²) in [4.78, 5) is 50.4. The van der Waals surface area contributed by atoms with E-state index in [0.717, 1.165) is 28.5 Å². The lowest BCUT2D eigenvalue weighted by atomic mass is 9.98. The summed E-state index contributed by atoms with van der Waals surface area (Å²) in [5, 5.41) is 12.0. The molecule has 0 aliphatic carbocycles. The van der Waals surface area contributed by atoms with Crippen LogP contribution in [0.25, 0.3) is 0 Å². The summed E-state index contributed by atoms with van der Waals surface area (Å²) in [6.07, 6.45) is 0.720. The number of carboxylic acid groups (broad SMARTS) is 1. The fourth-order valence-corrected chi connectivity index (χ4v) is 4.47. The summed E-state index contributed by atoms with van der Waals surface area (Å²) in [7, 11) is 0. The highest BCUT2D eigenvalue weighted by atomic mass is 32.2. The van der Waals surface area contributed by atoms with Crippen LogP contribution < -0.4 is 5.32 Å². The van der Waals surface area contributed by atoms with Crippen LogP contribution in [0.5, 0.6) is 0 Å². The maximum absolute atomic E-state index is 13.2. The van der Waals surface area contributed by atoms with Gasteiger partial charge in [0.1, 0.15) is 12.6 Å². The molecule has 0 fully saturated rings. The van der Waals surface area contributed by atoms with Crippen LogP contribution in [0.15, 0.2) is 54.6 Å². The van der Waals surface area contributed by atoms with E-state index in [1.54, 1.807) is 0 Å². The Balaban J connectivity index is 1.81. The molecule has 2 amide bonds. The molecule has 168 valence electrons. The van der Waals surface area contributed by atoms with Gasteiger partial charge in [0.25, 0.3) is 0 Å². The zero-order valence-electron chi connectivity index (χ0n) is 17.8. The Morgan fingerprint density at radius 3 is 2.41 bits per heavy atom. The van der Waals surface area contributed by atoms with E-state index in [-0.39, 0.29) is 24.0 Å². The Morgan fingerprint density at radius 2 is 1.75 bits per heavy atom. The molecule has 2 aromatic carbocycles. The minimum Gasteiger partial charge on any atom is -0.480 e. The molecule has 0 radical (unpaired) electrons. The maximum atomic E-state index is 13.2. The molecule has 2 aromatic rings. The SMILES string of the molecule is CC(=O)SC[C@@H](Cc1ccccc1)C(=O)N[C@H]1Cc2ccccc2CN(CC(=O)O)C1=O. The fourth-order valence-electron chi connectivity index (χ4n) is 3.77. The number of thioether (sulfide) groups is 1. The number of rotatable bonds is 8. The van der Waals surface area contributed by atoms with Crippen LogP contribution in [0.3, 0.4) is 0 Å². The molecule has 8 heteroatoms. The molecule has 1 aliphatic rings. The monoisotopic (exact) mass is 454 g/mol. The van der Waals surface area contributed by atoms with E-state index < -0.39 is 30.4 Å². The van der Waals surface area contributed by atoms with Gasteiger partial charge >= 0.3 is 5.97 Å². The second-order valence-corrected chi connectivity index (χ2v) is 9.01. The number of amides is 2. The summed E-state index contributed by atoms with van der Waals surface area (Å²) in [5.41, 5.74) is 2.73. The number of nitrogens with zero attached hydrogens (tertiary/aromatic N) is 1. The molecule has 0 saturated carbocycles. The molecule has 2 N–H and O–H groups in total. The number of benzene rings is 2. The largest absolute Gasteiger partial charge is 0.480 e. The van der Waals surface area contributed by atoms with Gasteiger partial charge in [-0.3, -0.25) is 19.2 Å². The third-order valence-corrected chi connectivity index (χ3v) is 6.32. The topological polar surface area (TPSA) is 104 Å². The molecular weight excluding hydrogens is 428 g/mol. The van der Waals surface area contributed by atoms with Gasteiger partial charge in [-0.1, -0.05) is 66.4 Å². The number of carboxylic acids is 1. The minimum absolute atomic E-state index is 0.0806. The molecule has 0 unspecified atom stereocenters. The van der Waals surface area contributed by atoms with Crippen molar-refractivity contribution in [3.8, 4) is 0 Å². The van der Waals surface area contributed by atoms with E-state index in [9.17, 15) is 24.3 Å². The van der Waals surface area contributed by atoms with Crippen LogP contribution in [0.4, 0.5) is 0 Å². The van der Waals surface area contributed by atoms with Gasteiger partial charge < -0.3 is 15.3 Å². The van der Waals surface area contributed by atoms with Gasteiger partial charge in [0.05, 0.1) is 5.92 Å². The highest BCUT2D eigenvalue weighted by Gasteiger charge is 2.33. The zero-order valence-corrected chi connectivity index (χ0v) is 18.6. The van der Waals surface area contributed by atoms with Crippen molar-refractivity contribution < 1.29 is 24.3 Å². The highest BCUT2D eigenvalue weighted by Crippen LogP contribution is 2.21. The van der Waals surface area contributed by atoms with Gasteiger partial charge in [-0.2, -0.15) is 0 Å². The first-order chi connectivity index (χ1) is 15.3. The third-order valence-electron chi connectivity index (χ3n) is 5.34. The van der Waals surface area contributed by atoms with E-state index in [0.29, 0.717) is 12.2 Å². The van der Waals surface area contributed by atoms with Crippen molar-refractivity contribution in [3.63, 3.8) is 0 Å². The summed E-state index contributed by atoms with van der Waals surface area (Å²) in [6.45, 7) is 1.20. The van der Waals surface area contributed by atoms with E-state index in [2.05, 4.69) is 5.32 Å². The molecule has 0 spiro atoms. The number of fused-ring (bicyclic) bond motifs is 1.